The third-order valence-corrected chi connectivity index (χ3v) is 7.44. The molecule has 2 aliphatic rings. The number of halogens is 3. The molecule has 2 fully saturated rings. The second-order valence-corrected chi connectivity index (χ2v) is 9.87. The number of hydrogen-bond acceptors (Lipinski definition) is 5. The number of anilines is 2. The standard InChI is InChI=1S/C22H19ClF2N6OS/c23-18-17(14-10-26-28-20(14)21(19(18)25)30-3-5-33-6-4-30)11-1-2-31-12(7-11)8-16(29-31)27-22(32)13-9-15(13)24/h1-2,7-8,10,13,15H,3-6,9H2,(H,26,28)(H,27,29,32)/t13-,15+/m1/s1. The minimum absolute atomic E-state index is 0.0391. The van der Waals surface area contributed by atoms with E-state index in [0.717, 1.165) is 30.0 Å². The Bertz CT molecular complexity index is 1400. The molecule has 11 heteroatoms. The Morgan fingerprint density at radius 1 is 1.30 bits per heavy atom. The number of hydrogen-bond donors (Lipinski definition) is 2. The van der Waals surface area contributed by atoms with Crippen LogP contribution in [0.4, 0.5) is 20.3 Å². The molecule has 33 heavy (non-hydrogen) atoms. The molecule has 170 valence electrons. The molecule has 2 N–H and O–H groups in total. The Kier molecular flexibility index (Phi) is 4.95. The highest BCUT2D eigenvalue weighted by Gasteiger charge is 2.43. The first-order chi connectivity index (χ1) is 16.0. The maximum atomic E-state index is 15.6. The zero-order valence-corrected chi connectivity index (χ0v) is 18.9. The molecule has 2 atom stereocenters. The molecule has 1 aromatic carbocycles. The van der Waals surface area contributed by atoms with Crippen molar-refractivity contribution in [2.24, 2.45) is 5.92 Å². The lowest BCUT2D eigenvalue weighted by molar-refractivity contribution is -0.117. The number of nitrogens with one attached hydrogen (secondary N) is 2. The first kappa shape index (κ1) is 20.7. The van der Waals surface area contributed by atoms with E-state index in [1.807, 2.05) is 22.7 Å². The van der Waals surface area contributed by atoms with Crippen LogP contribution in [0.3, 0.4) is 0 Å². The number of fused-ring (bicyclic) bond motifs is 2. The van der Waals surface area contributed by atoms with Crippen LogP contribution in [0.5, 0.6) is 0 Å². The number of thioether (sulfide) groups is 1. The second-order valence-electron chi connectivity index (χ2n) is 8.27. The van der Waals surface area contributed by atoms with E-state index in [-0.39, 0.29) is 17.4 Å². The Morgan fingerprint density at radius 3 is 2.85 bits per heavy atom. The van der Waals surface area contributed by atoms with Gasteiger partial charge in [0.1, 0.15) is 11.9 Å². The molecule has 0 unspecified atom stereocenters. The van der Waals surface area contributed by atoms with Gasteiger partial charge in [0.05, 0.1) is 28.2 Å². The molecule has 1 aliphatic heterocycles. The number of benzene rings is 1. The average Bonchev–Trinajstić information content (AvgIpc) is 3.18. The van der Waals surface area contributed by atoms with Gasteiger partial charge in [0.2, 0.25) is 5.91 Å². The van der Waals surface area contributed by atoms with Crippen LogP contribution >= 0.6 is 23.4 Å². The molecule has 0 bridgehead atoms. The van der Waals surface area contributed by atoms with Crippen molar-refractivity contribution in [3.8, 4) is 11.1 Å². The molecule has 7 nitrogen and oxygen atoms in total. The number of aromatic nitrogens is 4. The van der Waals surface area contributed by atoms with E-state index in [1.165, 1.54) is 0 Å². The van der Waals surface area contributed by atoms with Gasteiger partial charge in [-0.3, -0.25) is 9.89 Å². The number of alkyl halides is 1. The van der Waals surface area contributed by atoms with Gasteiger partial charge in [-0.25, -0.2) is 13.3 Å². The van der Waals surface area contributed by atoms with Crippen LogP contribution in [0.1, 0.15) is 6.42 Å². The minimum Gasteiger partial charge on any atom is -0.366 e. The normalized spacial score (nSPS) is 20.5. The lowest BCUT2D eigenvalue weighted by Gasteiger charge is -2.30. The topological polar surface area (TPSA) is 78.3 Å². The van der Waals surface area contributed by atoms with E-state index >= 15 is 4.39 Å². The van der Waals surface area contributed by atoms with Crippen molar-refractivity contribution in [2.75, 3.05) is 34.8 Å². The average molecular weight is 489 g/mol. The zero-order valence-electron chi connectivity index (χ0n) is 17.3. The Balaban J connectivity index is 1.41. The summed E-state index contributed by atoms with van der Waals surface area (Å²) in [5, 5.41) is 14.9. The van der Waals surface area contributed by atoms with Gasteiger partial charge in [-0.15, -0.1) is 0 Å². The van der Waals surface area contributed by atoms with Crippen molar-refractivity contribution in [1.29, 1.82) is 0 Å². The van der Waals surface area contributed by atoms with Crippen LogP contribution in [0.2, 0.25) is 5.02 Å². The molecule has 1 saturated carbocycles. The van der Waals surface area contributed by atoms with E-state index in [2.05, 4.69) is 20.6 Å². The molecule has 4 heterocycles. The molecule has 1 aliphatic carbocycles. The van der Waals surface area contributed by atoms with Crippen molar-refractivity contribution in [3.05, 3.63) is 41.4 Å². The van der Waals surface area contributed by atoms with E-state index in [4.69, 9.17) is 11.6 Å². The van der Waals surface area contributed by atoms with E-state index in [9.17, 15) is 9.18 Å². The fourth-order valence-electron chi connectivity index (χ4n) is 4.33. The first-order valence-corrected chi connectivity index (χ1v) is 12.2. The summed E-state index contributed by atoms with van der Waals surface area (Å²) >= 11 is 8.45. The summed E-state index contributed by atoms with van der Waals surface area (Å²) < 4.78 is 30.3. The zero-order chi connectivity index (χ0) is 22.7. The molecular formula is C22H19ClF2N6OS. The summed E-state index contributed by atoms with van der Waals surface area (Å²) in [6, 6.07) is 5.30. The van der Waals surface area contributed by atoms with Gasteiger partial charge < -0.3 is 10.2 Å². The highest BCUT2D eigenvalue weighted by molar-refractivity contribution is 7.99. The number of amides is 1. The van der Waals surface area contributed by atoms with E-state index in [1.54, 1.807) is 29.0 Å². The summed E-state index contributed by atoms with van der Waals surface area (Å²) in [7, 11) is 0. The molecule has 0 radical (unpaired) electrons. The lowest BCUT2D eigenvalue weighted by Crippen LogP contribution is -2.33. The molecule has 6 rings (SSSR count). The lowest BCUT2D eigenvalue weighted by atomic mass is 10.0. The molecule has 4 aromatic rings. The number of nitrogens with zero attached hydrogens (tertiary/aromatic N) is 4. The highest BCUT2D eigenvalue weighted by atomic mass is 35.5. The maximum Gasteiger partial charge on any atom is 0.231 e. The Hall–Kier alpha value is -2.85. The summed E-state index contributed by atoms with van der Waals surface area (Å²) in [6.07, 6.45) is 2.55. The Morgan fingerprint density at radius 2 is 2.09 bits per heavy atom. The predicted octanol–water partition coefficient (Wildman–Crippen LogP) is 4.52. The van der Waals surface area contributed by atoms with Crippen molar-refractivity contribution in [2.45, 2.75) is 12.6 Å². The van der Waals surface area contributed by atoms with Gasteiger partial charge >= 0.3 is 0 Å². The largest absolute Gasteiger partial charge is 0.366 e. The van der Waals surface area contributed by atoms with Gasteiger partial charge in [0.15, 0.2) is 11.6 Å². The van der Waals surface area contributed by atoms with Crippen LogP contribution in [0, 0.1) is 11.7 Å². The van der Waals surface area contributed by atoms with Crippen LogP contribution in [0.15, 0.2) is 30.6 Å². The van der Waals surface area contributed by atoms with Gasteiger partial charge in [-0.1, -0.05) is 11.6 Å². The highest BCUT2D eigenvalue weighted by Crippen LogP contribution is 2.43. The van der Waals surface area contributed by atoms with Crippen molar-refractivity contribution in [3.63, 3.8) is 0 Å². The molecule has 1 amide bonds. The second kappa shape index (κ2) is 7.88. The smallest absolute Gasteiger partial charge is 0.231 e. The quantitative estimate of drug-likeness (QED) is 0.441. The van der Waals surface area contributed by atoms with Crippen LogP contribution < -0.4 is 10.2 Å². The third kappa shape index (κ3) is 3.52. The minimum atomic E-state index is -1.07. The predicted molar refractivity (Wildman–Crippen MR) is 126 cm³/mol. The molecule has 1 saturated heterocycles. The number of pyridine rings is 1. The van der Waals surface area contributed by atoms with Crippen LogP contribution in [0.25, 0.3) is 27.5 Å². The number of H-pyrrole nitrogens is 1. The van der Waals surface area contributed by atoms with Gasteiger partial charge in [0, 0.05) is 47.8 Å². The monoisotopic (exact) mass is 488 g/mol. The van der Waals surface area contributed by atoms with Crippen LogP contribution in [-0.4, -0.2) is 56.5 Å². The Labute approximate surface area is 196 Å². The summed E-state index contributed by atoms with van der Waals surface area (Å²) in [4.78, 5) is 14.0. The SMILES string of the molecule is O=C(Nc1cc2cc(-c3c(Cl)c(F)c(N4CCSCC4)c4[nH]ncc34)ccn2n1)[C@@H]1C[C@@H]1F. The van der Waals surface area contributed by atoms with Crippen LogP contribution in [-0.2, 0) is 4.79 Å². The first-order valence-electron chi connectivity index (χ1n) is 10.6. The molecular weight excluding hydrogens is 470 g/mol. The van der Waals surface area contributed by atoms with Gasteiger partial charge in [0.25, 0.3) is 0 Å². The summed E-state index contributed by atoms with van der Waals surface area (Å²) in [6.45, 7) is 1.48. The number of rotatable bonds is 4. The molecule has 0 spiro atoms. The maximum absolute atomic E-state index is 15.6. The van der Waals surface area contributed by atoms with Crippen molar-refractivity contribution >= 4 is 57.2 Å². The van der Waals surface area contributed by atoms with Gasteiger partial charge in [-0.05, 0) is 24.1 Å². The van der Waals surface area contributed by atoms with Gasteiger partial charge in [-0.2, -0.15) is 22.0 Å². The molecule has 3 aromatic heterocycles. The summed E-state index contributed by atoms with van der Waals surface area (Å²) in [5.41, 5.74) is 2.99. The van der Waals surface area contributed by atoms with E-state index in [0.29, 0.717) is 33.7 Å². The fraction of sp³-hybridized carbons (Fsp3) is 0.318. The number of carbonyl (C=O) groups excluding carboxylic acids is 1. The fourth-order valence-corrected chi connectivity index (χ4v) is 5.53. The number of carbonyl (C=O) groups is 1. The third-order valence-electron chi connectivity index (χ3n) is 6.15. The van der Waals surface area contributed by atoms with Crippen molar-refractivity contribution < 1.29 is 13.6 Å². The van der Waals surface area contributed by atoms with E-state index < -0.39 is 17.9 Å². The summed E-state index contributed by atoms with van der Waals surface area (Å²) in [5.74, 6) is 0.749. The number of aromatic amines is 1. The van der Waals surface area contributed by atoms with Crippen molar-refractivity contribution in [1.82, 2.24) is 19.8 Å².